The molecule has 0 saturated carbocycles. The normalized spacial score (nSPS) is 10.8. The van der Waals surface area contributed by atoms with Gasteiger partial charge in [0, 0.05) is 21.5 Å². The summed E-state index contributed by atoms with van der Waals surface area (Å²) < 4.78 is 2.36. The van der Waals surface area contributed by atoms with Gasteiger partial charge in [-0.1, -0.05) is 23.7 Å². The summed E-state index contributed by atoms with van der Waals surface area (Å²) in [5.74, 6) is -0.135. The van der Waals surface area contributed by atoms with Crippen LogP contribution in [-0.2, 0) is 6.54 Å². The zero-order valence-corrected chi connectivity index (χ0v) is 11.9. The van der Waals surface area contributed by atoms with Crippen molar-refractivity contribution in [2.24, 2.45) is 0 Å². The van der Waals surface area contributed by atoms with Crippen LogP contribution in [0.2, 0.25) is 5.02 Å². The van der Waals surface area contributed by atoms with Crippen LogP contribution in [0.5, 0.6) is 0 Å². The van der Waals surface area contributed by atoms with Crippen molar-refractivity contribution in [2.45, 2.75) is 6.54 Å². The molecule has 0 bridgehead atoms. The van der Waals surface area contributed by atoms with E-state index in [0.29, 0.717) is 16.0 Å². The van der Waals surface area contributed by atoms with Crippen molar-refractivity contribution in [1.82, 2.24) is 4.57 Å². The van der Waals surface area contributed by atoms with E-state index in [4.69, 9.17) is 11.6 Å². The minimum Gasteiger partial charge on any atom is -0.307 e. The second-order valence-electron chi connectivity index (χ2n) is 4.38. The van der Waals surface area contributed by atoms with Gasteiger partial charge in [-0.25, -0.2) is 0 Å². The molecule has 0 aliphatic carbocycles. The average molecular weight is 304 g/mol. The number of carbonyl (C=O) groups is 1. The van der Waals surface area contributed by atoms with Crippen LogP contribution in [-0.4, -0.2) is 10.4 Å². The number of hydrogen-bond donors (Lipinski definition) is 0. The van der Waals surface area contributed by atoms with Crippen molar-refractivity contribution in [1.29, 1.82) is 0 Å². The highest BCUT2D eigenvalue weighted by Crippen LogP contribution is 2.16. The Morgan fingerprint density at radius 3 is 2.90 bits per heavy atom. The maximum Gasteiger partial charge on any atom is 0.259 e. The van der Waals surface area contributed by atoms with E-state index in [1.807, 2.05) is 11.4 Å². The number of pyridine rings is 1. The van der Waals surface area contributed by atoms with Crippen molar-refractivity contribution in [3.05, 3.63) is 68.9 Å². The summed E-state index contributed by atoms with van der Waals surface area (Å²) in [5.41, 5.74) is 0.369. The lowest BCUT2D eigenvalue weighted by molar-refractivity contribution is 0.0971. The second-order valence-corrected chi connectivity index (χ2v) is 5.76. The minimum atomic E-state index is -0.140. The zero-order valence-electron chi connectivity index (χ0n) is 10.4. The fraction of sp³-hybridized carbons (Fsp3) is 0.0667. The van der Waals surface area contributed by atoms with Crippen molar-refractivity contribution < 1.29 is 4.79 Å². The number of ketones is 1. The molecular formula is C15H10ClNO2S. The molecule has 2 aromatic heterocycles. The van der Waals surface area contributed by atoms with E-state index in [2.05, 4.69) is 0 Å². The van der Waals surface area contributed by atoms with E-state index in [1.165, 1.54) is 15.9 Å². The molecule has 0 atom stereocenters. The Kier molecular flexibility index (Phi) is 3.42. The maximum atomic E-state index is 12.2. The Bertz CT molecular complexity index is 850. The van der Waals surface area contributed by atoms with Gasteiger partial charge < -0.3 is 4.57 Å². The molecule has 0 fully saturated rings. The number of Topliss-reactive ketones (excluding diaryl/α,β-unsaturated/α-hetero) is 1. The molecule has 0 aliphatic heterocycles. The second kappa shape index (κ2) is 5.23. The molecule has 0 N–H and O–H groups in total. The quantitative estimate of drug-likeness (QED) is 0.694. The van der Waals surface area contributed by atoms with Crippen LogP contribution in [0.3, 0.4) is 0 Å². The van der Waals surface area contributed by atoms with Gasteiger partial charge in [0.25, 0.3) is 5.56 Å². The fourth-order valence-corrected chi connectivity index (χ4v) is 3.00. The first kappa shape index (κ1) is 13.1. The Hall–Kier alpha value is -1.91. The third-order valence-electron chi connectivity index (χ3n) is 3.05. The Morgan fingerprint density at radius 1 is 1.25 bits per heavy atom. The van der Waals surface area contributed by atoms with Gasteiger partial charge in [-0.2, -0.15) is 0 Å². The molecule has 20 heavy (non-hydrogen) atoms. The summed E-state index contributed by atoms with van der Waals surface area (Å²) in [6.45, 7) is 0.0188. The molecule has 5 heteroatoms. The molecular weight excluding hydrogens is 294 g/mol. The molecule has 1 aromatic carbocycles. The van der Waals surface area contributed by atoms with Crippen molar-refractivity contribution in [3.8, 4) is 0 Å². The van der Waals surface area contributed by atoms with Crippen LogP contribution in [0.25, 0.3) is 10.1 Å². The van der Waals surface area contributed by atoms with E-state index < -0.39 is 0 Å². The standard InChI is InChI=1S/C15H10ClNO2S/c16-11-3-1-2-10(8-11)13(18)9-17-6-4-14-12(15(17)19)5-7-20-14/h1-8H,9H2. The number of hydrogen-bond acceptors (Lipinski definition) is 3. The minimum absolute atomic E-state index is 0.0188. The fourth-order valence-electron chi connectivity index (χ4n) is 2.04. The number of fused-ring (bicyclic) bond motifs is 1. The summed E-state index contributed by atoms with van der Waals surface area (Å²) in [7, 11) is 0. The molecule has 0 saturated heterocycles. The smallest absolute Gasteiger partial charge is 0.259 e. The number of benzene rings is 1. The topological polar surface area (TPSA) is 39.1 Å². The summed E-state index contributed by atoms with van der Waals surface area (Å²) in [4.78, 5) is 24.4. The molecule has 3 aromatic rings. The number of carbonyl (C=O) groups excluding carboxylic acids is 1. The molecule has 0 radical (unpaired) electrons. The number of aromatic nitrogens is 1. The average Bonchev–Trinajstić information content (AvgIpc) is 2.91. The van der Waals surface area contributed by atoms with E-state index in [1.54, 1.807) is 36.5 Å². The van der Waals surface area contributed by atoms with Gasteiger partial charge in [-0.05, 0) is 29.6 Å². The molecule has 3 nitrogen and oxygen atoms in total. The van der Waals surface area contributed by atoms with Crippen molar-refractivity contribution >= 4 is 38.8 Å². The summed E-state index contributed by atoms with van der Waals surface area (Å²) in [6.07, 6.45) is 1.66. The third-order valence-corrected chi connectivity index (χ3v) is 4.17. The molecule has 100 valence electrons. The van der Waals surface area contributed by atoms with Gasteiger partial charge in [0.2, 0.25) is 0 Å². The molecule has 2 heterocycles. The molecule has 3 rings (SSSR count). The maximum absolute atomic E-state index is 12.2. The SMILES string of the molecule is O=C(Cn1ccc2sccc2c1=O)c1cccc(Cl)c1. The third kappa shape index (κ3) is 2.40. The first-order valence-electron chi connectivity index (χ1n) is 6.00. The molecule has 0 amide bonds. The first-order chi connectivity index (χ1) is 9.65. The predicted molar refractivity (Wildman–Crippen MR) is 81.9 cm³/mol. The lowest BCUT2D eigenvalue weighted by atomic mass is 10.1. The molecule has 0 aliphatic rings. The Morgan fingerprint density at radius 2 is 2.10 bits per heavy atom. The highest BCUT2D eigenvalue weighted by atomic mass is 35.5. The number of thiophene rings is 1. The lowest BCUT2D eigenvalue weighted by Crippen LogP contribution is -2.23. The highest BCUT2D eigenvalue weighted by molar-refractivity contribution is 7.17. The summed E-state index contributed by atoms with van der Waals surface area (Å²) >= 11 is 7.38. The monoisotopic (exact) mass is 303 g/mol. The van der Waals surface area contributed by atoms with E-state index >= 15 is 0 Å². The molecule has 0 spiro atoms. The van der Waals surface area contributed by atoms with Crippen LogP contribution in [0.15, 0.2) is 52.8 Å². The van der Waals surface area contributed by atoms with Crippen LogP contribution in [0.1, 0.15) is 10.4 Å². The number of nitrogens with zero attached hydrogens (tertiary/aromatic N) is 1. The largest absolute Gasteiger partial charge is 0.307 e. The lowest BCUT2D eigenvalue weighted by Gasteiger charge is -2.05. The first-order valence-corrected chi connectivity index (χ1v) is 7.26. The summed E-state index contributed by atoms with van der Waals surface area (Å²) in [5, 5.41) is 3.03. The van der Waals surface area contributed by atoms with Gasteiger partial charge in [0.1, 0.15) is 0 Å². The zero-order chi connectivity index (χ0) is 14.1. The number of halogens is 1. The van der Waals surface area contributed by atoms with E-state index in [9.17, 15) is 9.59 Å². The van der Waals surface area contributed by atoms with Gasteiger partial charge in [0.15, 0.2) is 5.78 Å². The van der Waals surface area contributed by atoms with Gasteiger partial charge in [-0.3, -0.25) is 9.59 Å². The van der Waals surface area contributed by atoms with Crippen LogP contribution in [0, 0.1) is 0 Å². The van der Waals surface area contributed by atoms with Crippen LogP contribution < -0.4 is 5.56 Å². The Balaban J connectivity index is 1.95. The van der Waals surface area contributed by atoms with Gasteiger partial charge in [0.05, 0.1) is 11.9 Å². The van der Waals surface area contributed by atoms with E-state index in [-0.39, 0.29) is 17.9 Å². The van der Waals surface area contributed by atoms with Crippen molar-refractivity contribution in [2.75, 3.05) is 0 Å². The predicted octanol–water partition coefficient (Wildman–Crippen LogP) is 3.60. The Labute approximate surface area is 124 Å². The van der Waals surface area contributed by atoms with Crippen molar-refractivity contribution in [3.63, 3.8) is 0 Å². The van der Waals surface area contributed by atoms with Crippen LogP contribution >= 0.6 is 22.9 Å². The highest BCUT2D eigenvalue weighted by Gasteiger charge is 2.10. The van der Waals surface area contributed by atoms with Gasteiger partial charge in [-0.15, -0.1) is 11.3 Å². The van der Waals surface area contributed by atoms with E-state index in [0.717, 1.165) is 4.70 Å². The number of rotatable bonds is 3. The van der Waals surface area contributed by atoms with Gasteiger partial charge >= 0.3 is 0 Å². The summed E-state index contributed by atoms with van der Waals surface area (Å²) in [6, 6.07) is 10.4. The molecule has 0 unspecified atom stereocenters. The van der Waals surface area contributed by atoms with Crippen LogP contribution in [0.4, 0.5) is 0 Å².